The fourth-order valence-electron chi connectivity index (χ4n) is 3.14. The Bertz CT molecular complexity index is 428. The van der Waals surface area contributed by atoms with Crippen LogP contribution in [0.1, 0.15) is 44.7 Å². The number of rotatable bonds is 3. The van der Waals surface area contributed by atoms with E-state index in [1.54, 1.807) is 6.07 Å². The summed E-state index contributed by atoms with van der Waals surface area (Å²) in [5.74, 6) is 0.623. The highest BCUT2D eigenvalue weighted by atomic mass is 35.5. The fourth-order valence-corrected chi connectivity index (χ4v) is 3.68. The molecule has 1 aliphatic heterocycles. The van der Waals surface area contributed by atoms with Crippen molar-refractivity contribution < 1.29 is 0 Å². The van der Waals surface area contributed by atoms with Crippen LogP contribution in [0.5, 0.6) is 0 Å². The van der Waals surface area contributed by atoms with Gasteiger partial charge in [0.05, 0.1) is 0 Å². The second-order valence-corrected chi connectivity index (χ2v) is 7.07. The Hall–Kier alpha value is -0.280. The predicted molar refractivity (Wildman–Crippen MR) is 87.4 cm³/mol. The van der Waals surface area contributed by atoms with E-state index in [2.05, 4.69) is 18.7 Å². The molecule has 0 aliphatic carbocycles. The molecule has 2 unspecified atom stereocenters. The van der Waals surface area contributed by atoms with Gasteiger partial charge in [0.1, 0.15) is 0 Å². The van der Waals surface area contributed by atoms with Crippen LogP contribution in [0.4, 0.5) is 0 Å². The number of nitrogens with two attached hydrogens (primary N) is 1. The molecular weight excluding hydrogens is 291 g/mol. The summed E-state index contributed by atoms with van der Waals surface area (Å²) in [6.45, 7) is 6.65. The highest BCUT2D eigenvalue weighted by Crippen LogP contribution is 2.33. The van der Waals surface area contributed by atoms with E-state index in [9.17, 15) is 0 Å². The van der Waals surface area contributed by atoms with Crippen molar-refractivity contribution >= 4 is 23.2 Å². The van der Waals surface area contributed by atoms with Crippen molar-refractivity contribution in [3.05, 3.63) is 33.8 Å². The molecule has 2 N–H and O–H groups in total. The maximum absolute atomic E-state index is 6.45. The van der Waals surface area contributed by atoms with Crippen molar-refractivity contribution in [2.24, 2.45) is 11.7 Å². The van der Waals surface area contributed by atoms with Crippen LogP contribution in [0.2, 0.25) is 10.0 Å². The van der Waals surface area contributed by atoms with Crippen LogP contribution >= 0.6 is 23.2 Å². The van der Waals surface area contributed by atoms with Gasteiger partial charge in [-0.15, -0.1) is 0 Å². The lowest BCUT2D eigenvalue weighted by atomic mass is 9.95. The minimum absolute atomic E-state index is 0.144. The lowest BCUT2D eigenvalue weighted by Crippen LogP contribution is -2.41. The average molecular weight is 315 g/mol. The first-order chi connectivity index (χ1) is 9.47. The molecule has 1 fully saturated rings. The smallest absolute Gasteiger partial charge is 0.0500 e. The standard InChI is InChI=1S/C16H24Cl2N2/c1-11(2)10-20-6-4-3-5-15(19)16(20)12-7-13(17)9-14(18)8-12/h7-9,11,15-16H,3-6,10,19H2,1-2H3. The van der Waals surface area contributed by atoms with E-state index in [0.717, 1.165) is 25.1 Å². The van der Waals surface area contributed by atoms with Crippen LogP contribution in [-0.2, 0) is 0 Å². The highest BCUT2D eigenvalue weighted by Gasteiger charge is 2.29. The summed E-state index contributed by atoms with van der Waals surface area (Å²) in [4.78, 5) is 2.50. The summed E-state index contributed by atoms with van der Waals surface area (Å²) in [6.07, 6.45) is 3.47. The first kappa shape index (κ1) is 16.1. The van der Waals surface area contributed by atoms with Crippen molar-refractivity contribution in [1.29, 1.82) is 0 Å². The summed E-state index contributed by atoms with van der Waals surface area (Å²) < 4.78 is 0. The van der Waals surface area contributed by atoms with Crippen LogP contribution in [0.25, 0.3) is 0 Å². The van der Waals surface area contributed by atoms with Crippen molar-refractivity contribution in [2.75, 3.05) is 13.1 Å². The summed E-state index contributed by atoms with van der Waals surface area (Å²) in [6, 6.07) is 6.16. The Morgan fingerprint density at radius 2 is 1.85 bits per heavy atom. The zero-order valence-corrected chi connectivity index (χ0v) is 13.8. The Morgan fingerprint density at radius 3 is 2.45 bits per heavy atom. The van der Waals surface area contributed by atoms with E-state index >= 15 is 0 Å². The lowest BCUT2D eigenvalue weighted by Gasteiger charge is -2.35. The van der Waals surface area contributed by atoms with E-state index < -0.39 is 0 Å². The molecule has 0 spiro atoms. The van der Waals surface area contributed by atoms with Gasteiger partial charge in [-0.2, -0.15) is 0 Å². The third-order valence-electron chi connectivity index (χ3n) is 3.86. The van der Waals surface area contributed by atoms with Crippen LogP contribution in [0.3, 0.4) is 0 Å². The molecule has 20 heavy (non-hydrogen) atoms. The Labute approximate surface area is 132 Å². The minimum atomic E-state index is 0.144. The molecule has 0 bridgehead atoms. The van der Waals surface area contributed by atoms with Crippen LogP contribution < -0.4 is 5.73 Å². The summed E-state index contributed by atoms with van der Waals surface area (Å²) in [5, 5.41) is 1.38. The van der Waals surface area contributed by atoms with Gasteiger partial charge in [0.2, 0.25) is 0 Å². The van der Waals surface area contributed by atoms with Crippen LogP contribution in [0.15, 0.2) is 18.2 Å². The molecule has 4 heteroatoms. The monoisotopic (exact) mass is 314 g/mol. The number of hydrogen-bond donors (Lipinski definition) is 1. The lowest BCUT2D eigenvalue weighted by molar-refractivity contribution is 0.165. The Balaban J connectivity index is 2.34. The molecule has 112 valence electrons. The van der Waals surface area contributed by atoms with Gasteiger partial charge in [0.15, 0.2) is 0 Å². The van der Waals surface area contributed by atoms with Crippen LogP contribution in [0, 0.1) is 5.92 Å². The molecular formula is C16H24Cl2N2. The van der Waals surface area contributed by atoms with Gasteiger partial charge in [0.25, 0.3) is 0 Å². The maximum Gasteiger partial charge on any atom is 0.0500 e. The van der Waals surface area contributed by atoms with E-state index in [1.807, 2.05) is 12.1 Å². The van der Waals surface area contributed by atoms with Gasteiger partial charge in [-0.3, -0.25) is 4.90 Å². The molecule has 1 aromatic carbocycles. The van der Waals surface area contributed by atoms with Crippen molar-refractivity contribution in [3.8, 4) is 0 Å². The summed E-state index contributed by atoms with van der Waals surface area (Å²) in [7, 11) is 0. The Morgan fingerprint density at radius 1 is 1.20 bits per heavy atom. The largest absolute Gasteiger partial charge is 0.326 e. The summed E-state index contributed by atoms with van der Waals surface area (Å²) >= 11 is 12.3. The van der Waals surface area contributed by atoms with E-state index in [4.69, 9.17) is 28.9 Å². The Kier molecular flexibility index (Phi) is 5.74. The number of halogens is 2. The molecule has 0 amide bonds. The number of hydrogen-bond acceptors (Lipinski definition) is 2. The molecule has 2 rings (SSSR count). The molecule has 2 nitrogen and oxygen atoms in total. The van der Waals surface area contributed by atoms with E-state index in [0.29, 0.717) is 16.0 Å². The van der Waals surface area contributed by atoms with Gasteiger partial charge >= 0.3 is 0 Å². The molecule has 1 saturated heterocycles. The normalized spacial score (nSPS) is 24.9. The zero-order valence-electron chi connectivity index (χ0n) is 12.3. The third kappa shape index (κ3) is 4.11. The molecule has 0 saturated carbocycles. The van der Waals surface area contributed by atoms with E-state index in [1.165, 1.54) is 12.8 Å². The number of nitrogens with zero attached hydrogens (tertiary/aromatic N) is 1. The minimum Gasteiger partial charge on any atom is -0.326 e. The highest BCUT2D eigenvalue weighted by molar-refractivity contribution is 6.34. The third-order valence-corrected chi connectivity index (χ3v) is 4.29. The van der Waals surface area contributed by atoms with Crippen LogP contribution in [-0.4, -0.2) is 24.0 Å². The molecule has 0 radical (unpaired) electrons. The van der Waals surface area contributed by atoms with E-state index in [-0.39, 0.29) is 12.1 Å². The SMILES string of the molecule is CC(C)CN1CCCCC(N)C1c1cc(Cl)cc(Cl)c1. The van der Waals surface area contributed by atoms with Gasteiger partial charge in [-0.25, -0.2) is 0 Å². The molecule has 1 aromatic rings. The van der Waals surface area contributed by atoms with Gasteiger partial charge in [-0.1, -0.05) is 43.5 Å². The predicted octanol–water partition coefficient (Wildman–Crippen LogP) is 4.50. The molecule has 1 heterocycles. The maximum atomic E-state index is 6.45. The first-order valence-corrected chi connectivity index (χ1v) is 8.18. The van der Waals surface area contributed by atoms with Crippen molar-refractivity contribution in [1.82, 2.24) is 4.90 Å². The number of likely N-dealkylation sites (tertiary alicyclic amines) is 1. The second kappa shape index (κ2) is 7.13. The van der Waals surface area contributed by atoms with Gasteiger partial charge < -0.3 is 5.73 Å². The molecule has 0 aromatic heterocycles. The number of benzene rings is 1. The zero-order chi connectivity index (χ0) is 14.7. The molecule has 2 atom stereocenters. The fraction of sp³-hybridized carbons (Fsp3) is 0.625. The van der Waals surface area contributed by atoms with Gasteiger partial charge in [0, 0.05) is 28.7 Å². The first-order valence-electron chi connectivity index (χ1n) is 7.43. The van der Waals surface area contributed by atoms with Gasteiger partial charge in [-0.05, 0) is 49.1 Å². The second-order valence-electron chi connectivity index (χ2n) is 6.20. The average Bonchev–Trinajstić information content (AvgIpc) is 2.49. The molecule has 1 aliphatic rings. The van der Waals surface area contributed by atoms with Crippen molar-refractivity contribution in [3.63, 3.8) is 0 Å². The topological polar surface area (TPSA) is 29.3 Å². The quantitative estimate of drug-likeness (QED) is 0.889. The van der Waals surface area contributed by atoms with Crippen molar-refractivity contribution in [2.45, 2.75) is 45.2 Å². The summed E-state index contributed by atoms with van der Waals surface area (Å²) in [5.41, 5.74) is 7.60.